The zero-order chi connectivity index (χ0) is 23.2. The first-order chi connectivity index (χ1) is 15.0. The number of nitrogens with zero attached hydrogens (tertiary/aromatic N) is 2. The molecular weight excluding hydrogens is 392 g/mol. The number of rotatable bonds is 22. The standard InChI is InChI=1S/C25H50N2O4/c1-5-7-9-11-13-18-26(3)24(28)16-22-30-20-15-21-31-23-17-25(29)27(4)19-14-12-10-8-6-2/h5-23H2,1-4H3. The lowest BCUT2D eigenvalue weighted by Gasteiger charge is -2.17. The quantitative estimate of drug-likeness (QED) is 0.220. The lowest BCUT2D eigenvalue weighted by Crippen LogP contribution is -2.28. The van der Waals surface area contributed by atoms with Crippen LogP contribution in [0.15, 0.2) is 0 Å². The minimum atomic E-state index is 0.153. The molecule has 0 radical (unpaired) electrons. The van der Waals surface area contributed by atoms with Gasteiger partial charge in [-0.15, -0.1) is 0 Å². The summed E-state index contributed by atoms with van der Waals surface area (Å²) in [4.78, 5) is 27.7. The molecule has 0 bridgehead atoms. The minimum absolute atomic E-state index is 0.153. The molecule has 0 aromatic rings. The summed E-state index contributed by atoms with van der Waals surface area (Å²) >= 11 is 0. The van der Waals surface area contributed by atoms with Crippen molar-refractivity contribution in [3.63, 3.8) is 0 Å². The van der Waals surface area contributed by atoms with E-state index >= 15 is 0 Å². The monoisotopic (exact) mass is 442 g/mol. The van der Waals surface area contributed by atoms with Gasteiger partial charge in [-0.05, 0) is 19.3 Å². The summed E-state index contributed by atoms with van der Waals surface area (Å²) in [5.74, 6) is 0.305. The van der Waals surface area contributed by atoms with E-state index in [2.05, 4.69) is 13.8 Å². The Hall–Kier alpha value is -1.14. The van der Waals surface area contributed by atoms with Crippen LogP contribution in [-0.4, -0.2) is 75.2 Å². The molecule has 0 heterocycles. The average molecular weight is 443 g/mol. The van der Waals surface area contributed by atoms with Crippen LogP contribution in [-0.2, 0) is 19.1 Å². The number of carbonyl (C=O) groups excluding carboxylic acids is 2. The smallest absolute Gasteiger partial charge is 0.224 e. The van der Waals surface area contributed by atoms with Gasteiger partial charge in [-0.25, -0.2) is 0 Å². The Labute approximate surface area is 192 Å². The first kappa shape index (κ1) is 29.9. The highest BCUT2D eigenvalue weighted by molar-refractivity contribution is 5.76. The highest BCUT2D eigenvalue weighted by Gasteiger charge is 2.09. The summed E-state index contributed by atoms with van der Waals surface area (Å²) in [5, 5.41) is 0. The van der Waals surface area contributed by atoms with Crippen molar-refractivity contribution in [2.45, 2.75) is 97.3 Å². The van der Waals surface area contributed by atoms with Crippen molar-refractivity contribution < 1.29 is 19.1 Å². The fraction of sp³-hybridized carbons (Fsp3) is 0.920. The van der Waals surface area contributed by atoms with Crippen molar-refractivity contribution in [3.8, 4) is 0 Å². The largest absolute Gasteiger partial charge is 0.381 e. The second-order valence-corrected chi connectivity index (χ2v) is 8.54. The maximum Gasteiger partial charge on any atom is 0.224 e. The fourth-order valence-electron chi connectivity index (χ4n) is 3.32. The Balaban J connectivity index is 3.48. The van der Waals surface area contributed by atoms with Gasteiger partial charge in [0.15, 0.2) is 0 Å². The van der Waals surface area contributed by atoms with Gasteiger partial charge in [0.25, 0.3) is 0 Å². The van der Waals surface area contributed by atoms with Crippen molar-refractivity contribution in [1.82, 2.24) is 9.80 Å². The van der Waals surface area contributed by atoms with Gasteiger partial charge in [0, 0.05) is 40.4 Å². The molecule has 0 aliphatic carbocycles. The van der Waals surface area contributed by atoms with Crippen LogP contribution in [0.25, 0.3) is 0 Å². The zero-order valence-electron chi connectivity index (χ0n) is 21.0. The van der Waals surface area contributed by atoms with Gasteiger partial charge in [-0.1, -0.05) is 65.2 Å². The summed E-state index contributed by atoms with van der Waals surface area (Å²) < 4.78 is 11.1. The molecule has 0 saturated heterocycles. The molecule has 0 rings (SSSR count). The van der Waals surface area contributed by atoms with E-state index in [0.29, 0.717) is 39.3 Å². The van der Waals surface area contributed by atoms with Gasteiger partial charge in [0.2, 0.25) is 11.8 Å². The lowest BCUT2D eigenvalue weighted by atomic mass is 10.1. The van der Waals surface area contributed by atoms with Gasteiger partial charge in [0.1, 0.15) is 0 Å². The normalized spacial score (nSPS) is 11.0. The van der Waals surface area contributed by atoms with Crippen molar-refractivity contribution in [1.29, 1.82) is 0 Å². The Morgan fingerprint density at radius 1 is 0.548 bits per heavy atom. The number of carbonyl (C=O) groups is 2. The summed E-state index contributed by atoms with van der Waals surface area (Å²) in [6.45, 7) is 8.17. The number of amides is 2. The van der Waals surface area contributed by atoms with Crippen LogP contribution in [0, 0.1) is 0 Å². The van der Waals surface area contributed by atoms with Crippen molar-refractivity contribution in [3.05, 3.63) is 0 Å². The molecule has 2 amide bonds. The lowest BCUT2D eigenvalue weighted by molar-refractivity contribution is -0.131. The first-order valence-electron chi connectivity index (χ1n) is 12.7. The molecule has 0 spiro atoms. The second kappa shape index (κ2) is 22.1. The van der Waals surface area contributed by atoms with Crippen LogP contribution in [0.5, 0.6) is 0 Å². The summed E-state index contributed by atoms with van der Waals surface area (Å²) in [6.07, 6.45) is 13.8. The third-order valence-electron chi connectivity index (χ3n) is 5.54. The Bertz CT molecular complexity index is 394. The van der Waals surface area contributed by atoms with E-state index in [1.54, 1.807) is 0 Å². The predicted molar refractivity (Wildman–Crippen MR) is 128 cm³/mol. The van der Waals surface area contributed by atoms with Gasteiger partial charge < -0.3 is 19.3 Å². The second-order valence-electron chi connectivity index (χ2n) is 8.54. The molecule has 0 atom stereocenters. The van der Waals surface area contributed by atoms with Gasteiger partial charge in [-0.3, -0.25) is 9.59 Å². The molecule has 0 aromatic heterocycles. The number of unbranched alkanes of at least 4 members (excludes halogenated alkanes) is 8. The van der Waals surface area contributed by atoms with Crippen LogP contribution in [0.2, 0.25) is 0 Å². The van der Waals surface area contributed by atoms with Crippen LogP contribution in [0.3, 0.4) is 0 Å². The molecule has 0 aromatic carbocycles. The molecule has 6 heteroatoms. The Morgan fingerprint density at radius 2 is 0.935 bits per heavy atom. The van der Waals surface area contributed by atoms with E-state index < -0.39 is 0 Å². The minimum Gasteiger partial charge on any atom is -0.381 e. The molecule has 0 fully saturated rings. The van der Waals surface area contributed by atoms with Crippen molar-refractivity contribution in [2.24, 2.45) is 0 Å². The summed E-state index contributed by atoms with van der Waals surface area (Å²) in [7, 11) is 3.75. The highest BCUT2D eigenvalue weighted by atomic mass is 16.5. The topological polar surface area (TPSA) is 59.1 Å². The summed E-state index contributed by atoms with van der Waals surface area (Å²) in [5.41, 5.74) is 0. The zero-order valence-corrected chi connectivity index (χ0v) is 21.0. The van der Waals surface area contributed by atoms with E-state index in [1.165, 1.54) is 51.4 Å². The molecule has 0 unspecified atom stereocenters. The van der Waals surface area contributed by atoms with Gasteiger partial charge >= 0.3 is 0 Å². The summed E-state index contributed by atoms with van der Waals surface area (Å²) in [6, 6.07) is 0. The molecule has 0 aliphatic heterocycles. The molecule has 31 heavy (non-hydrogen) atoms. The van der Waals surface area contributed by atoms with Crippen LogP contribution >= 0.6 is 0 Å². The molecule has 0 N–H and O–H groups in total. The van der Waals surface area contributed by atoms with Crippen LogP contribution < -0.4 is 0 Å². The molecular formula is C25H50N2O4. The molecule has 184 valence electrons. The third-order valence-corrected chi connectivity index (χ3v) is 5.54. The molecule has 0 saturated carbocycles. The van der Waals surface area contributed by atoms with E-state index in [4.69, 9.17) is 9.47 Å². The predicted octanol–water partition coefficient (Wildman–Crippen LogP) is 5.05. The average Bonchev–Trinajstić information content (AvgIpc) is 2.76. The van der Waals surface area contributed by atoms with E-state index in [-0.39, 0.29) is 11.8 Å². The highest BCUT2D eigenvalue weighted by Crippen LogP contribution is 2.05. The Morgan fingerprint density at radius 3 is 1.32 bits per heavy atom. The van der Waals surface area contributed by atoms with Gasteiger partial charge in [0.05, 0.1) is 26.1 Å². The van der Waals surface area contributed by atoms with E-state index in [1.807, 2.05) is 23.9 Å². The van der Waals surface area contributed by atoms with Crippen LogP contribution in [0.4, 0.5) is 0 Å². The number of ether oxygens (including phenoxy) is 2. The molecule has 0 aliphatic rings. The van der Waals surface area contributed by atoms with E-state index in [9.17, 15) is 9.59 Å². The SMILES string of the molecule is CCCCCCCN(C)C(=O)CCOCCCOCCC(=O)N(C)CCCCCCC. The van der Waals surface area contributed by atoms with Crippen molar-refractivity contribution in [2.75, 3.05) is 53.6 Å². The van der Waals surface area contributed by atoms with E-state index in [0.717, 1.165) is 32.4 Å². The van der Waals surface area contributed by atoms with Gasteiger partial charge in [-0.2, -0.15) is 0 Å². The fourth-order valence-corrected chi connectivity index (χ4v) is 3.32. The first-order valence-corrected chi connectivity index (χ1v) is 12.7. The number of hydrogen-bond donors (Lipinski definition) is 0. The maximum atomic E-state index is 12.1. The third kappa shape index (κ3) is 19.3. The van der Waals surface area contributed by atoms with Crippen LogP contribution in [0.1, 0.15) is 97.3 Å². The Kier molecular flexibility index (Phi) is 21.3. The maximum absolute atomic E-state index is 12.1. The molecule has 6 nitrogen and oxygen atoms in total. The number of hydrogen-bond acceptors (Lipinski definition) is 4. The van der Waals surface area contributed by atoms with Crippen molar-refractivity contribution >= 4 is 11.8 Å².